The van der Waals surface area contributed by atoms with E-state index in [-0.39, 0.29) is 32.5 Å². The molecule has 0 saturated carbocycles. The molecule has 2 aromatic rings. The lowest BCUT2D eigenvalue weighted by Gasteiger charge is -2.42. The number of amides is 1. The molecule has 0 aromatic heterocycles. The van der Waals surface area contributed by atoms with E-state index in [9.17, 15) is 15.2 Å². The number of nitrogens with zero attached hydrogens (tertiary/aromatic N) is 3. The van der Waals surface area contributed by atoms with E-state index in [1.54, 1.807) is 30.9 Å². The second-order valence-electron chi connectivity index (χ2n) is 13.0. The van der Waals surface area contributed by atoms with Crippen LogP contribution in [0.4, 0.5) is 8.78 Å². The molecule has 4 rings (SSSR count). The van der Waals surface area contributed by atoms with Gasteiger partial charge in [-0.25, -0.2) is 8.78 Å². The van der Waals surface area contributed by atoms with Crippen molar-refractivity contribution in [2.75, 3.05) is 26.2 Å². The number of hydrogen-bond acceptors (Lipinski definition) is 5. The van der Waals surface area contributed by atoms with Crippen LogP contribution in [0.5, 0.6) is 0 Å². The molecule has 2 heterocycles. The molecule has 2 saturated heterocycles. The van der Waals surface area contributed by atoms with Gasteiger partial charge in [-0.2, -0.15) is 5.26 Å². The third-order valence-corrected chi connectivity index (χ3v) is 8.77. The van der Waals surface area contributed by atoms with Crippen LogP contribution in [0.15, 0.2) is 36.4 Å². The van der Waals surface area contributed by atoms with Crippen molar-refractivity contribution < 1.29 is 23.4 Å². The predicted octanol–water partition coefficient (Wildman–Crippen LogP) is 6.67. The largest absolute Gasteiger partial charge is 0.366 e. The van der Waals surface area contributed by atoms with Gasteiger partial charge in [-0.15, -0.1) is 0 Å². The van der Waals surface area contributed by atoms with E-state index < -0.39 is 40.8 Å². The predicted molar refractivity (Wildman–Crippen MR) is 159 cm³/mol. The monoisotopic (exact) mass is 621 g/mol. The number of carbonyl (C=O) groups is 1. The van der Waals surface area contributed by atoms with Gasteiger partial charge in [0.2, 0.25) is 5.91 Å². The van der Waals surface area contributed by atoms with E-state index >= 15 is 8.78 Å². The number of ether oxygens (including phenoxy) is 1. The van der Waals surface area contributed by atoms with Crippen molar-refractivity contribution >= 4 is 29.1 Å². The van der Waals surface area contributed by atoms with Crippen LogP contribution in [-0.2, 0) is 14.9 Å². The molecule has 1 amide bonds. The number of fused-ring (bicyclic) bond motifs is 1. The molecular formula is C32H39Cl2F2N3O3. The van der Waals surface area contributed by atoms with Gasteiger partial charge in [-0.3, -0.25) is 9.69 Å². The number of hydrogen-bond donors (Lipinski definition) is 1. The quantitative estimate of drug-likeness (QED) is 0.250. The van der Waals surface area contributed by atoms with Gasteiger partial charge < -0.3 is 14.7 Å². The third-order valence-electron chi connectivity index (χ3n) is 8.24. The number of benzene rings is 2. The van der Waals surface area contributed by atoms with E-state index in [4.69, 9.17) is 27.9 Å². The first-order valence-corrected chi connectivity index (χ1v) is 15.1. The molecule has 2 aromatic carbocycles. The van der Waals surface area contributed by atoms with Crippen LogP contribution in [0.25, 0.3) is 0 Å². The van der Waals surface area contributed by atoms with Crippen LogP contribution in [0.1, 0.15) is 70.9 Å². The first-order valence-electron chi connectivity index (χ1n) is 14.3. The zero-order chi connectivity index (χ0) is 31.0. The van der Waals surface area contributed by atoms with Crippen LogP contribution in [0.2, 0.25) is 10.0 Å². The minimum atomic E-state index is -1.62. The summed E-state index contributed by atoms with van der Waals surface area (Å²) in [4.78, 5) is 18.1. The van der Waals surface area contributed by atoms with Crippen molar-refractivity contribution in [1.82, 2.24) is 9.80 Å². The fraction of sp³-hybridized carbons (Fsp3) is 0.562. The SMILES string of the molecule is CC(C)(C)CC1N2CCN(CCCCOC(C)(C)O)C(=O)C2C(c2cccc(Cl)c2F)C1(C#N)c1ccc(Cl)cc1F. The highest BCUT2D eigenvalue weighted by Gasteiger charge is 2.66. The minimum absolute atomic E-state index is 0.0885. The van der Waals surface area contributed by atoms with E-state index in [0.29, 0.717) is 45.5 Å². The number of nitriles is 1. The Morgan fingerprint density at radius 1 is 1.12 bits per heavy atom. The van der Waals surface area contributed by atoms with Crippen molar-refractivity contribution in [3.05, 3.63) is 69.2 Å². The van der Waals surface area contributed by atoms with Crippen molar-refractivity contribution in [3.63, 3.8) is 0 Å². The Balaban J connectivity index is 1.84. The summed E-state index contributed by atoms with van der Waals surface area (Å²) in [6.07, 6.45) is 1.71. The van der Waals surface area contributed by atoms with Gasteiger partial charge in [-0.1, -0.05) is 62.2 Å². The maximum absolute atomic E-state index is 15.9. The Bertz CT molecular complexity index is 1350. The summed E-state index contributed by atoms with van der Waals surface area (Å²) in [5.74, 6) is -3.91. The summed E-state index contributed by atoms with van der Waals surface area (Å²) in [6, 6.07) is 9.67. The molecule has 1 N–H and O–H groups in total. The van der Waals surface area contributed by atoms with E-state index in [0.717, 1.165) is 6.07 Å². The summed E-state index contributed by atoms with van der Waals surface area (Å²) in [7, 11) is 0. The molecule has 0 radical (unpaired) electrons. The van der Waals surface area contributed by atoms with Gasteiger partial charge in [0.1, 0.15) is 17.0 Å². The second-order valence-corrected chi connectivity index (χ2v) is 13.9. The first-order chi connectivity index (χ1) is 19.6. The van der Waals surface area contributed by atoms with Crippen molar-refractivity contribution in [2.24, 2.45) is 5.41 Å². The molecule has 42 heavy (non-hydrogen) atoms. The van der Waals surface area contributed by atoms with Crippen LogP contribution >= 0.6 is 23.2 Å². The highest BCUT2D eigenvalue weighted by Crippen LogP contribution is 2.57. The molecule has 0 spiro atoms. The van der Waals surface area contributed by atoms with Crippen LogP contribution in [0, 0.1) is 28.4 Å². The lowest BCUT2D eigenvalue weighted by molar-refractivity contribution is -0.176. The zero-order valence-electron chi connectivity index (χ0n) is 24.8. The highest BCUT2D eigenvalue weighted by atomic mass is 35.5. The van der Waals surface area contributed by atoms with Gasteiger partial charge in [0.25, 0.3) is 0 Å². The van der Waals surface area contributed by atoms with Gasteiger partial charge in [0.05, 0.1) is 23.7 Å². The second kappa shape index (κ2) is 12.4. The first kappa shape index (κ1) is 32.6. The molecule has 2 aliphatic heterocycles. The maximum atomic E-state index is 15.9. The van der Waals surface area contributed by atoms with Crippen molar-refractivity contribution in [1.29, 1.82) is 5.26 Å². The average molecular weight is 623 g/mol. The van der Waals surface area contributed by atoms with E-state index in [1.165, 1.54) is 18.2 Å². The van der Waals surface area contributed by atoms with Gasteiger partial charge >= 0.3 is 0 Å². The highest BCUT2D eigenvalue weighted by molar-refractivity contribution is 6.31. The van der Waals surface area contributed by atoms with Gasteiger partial charge in [0, 0.05) is 42.2 Å². The van der Waals surface area contributed by atoms with Crippen LogP contribution in [0.3, 0.4) is 0 Å². The Hall–Kier alpha value is -2.28. The maximum Gasteiger partial charge on any atom is 0.240 e. The van der Waals surface area contributed by atoms with Crippen LogP contribution < -0.4 is 0 Å². The van der Waals surface area contributed by atoms with E-state index in [1.807, 2.05) is 25.7 Å². The molecule has 4 unspecified atom stereocenters. The lowest BCUT2D eigenvalue weighted by atomic mass is 9.62. The number of halogens is 4. The Morgan fingerprint density at radius 2 is 1.83 bits per heavy atom. The topological polar surface area (TPSA) is 76.8 Å². The summed E-state index contributed by atoms with van der Waals surface area (Å²) in [5.41, 5.74) is -1.73. The summed E-state index contributed by atoms with van der Waals surface area (Å²) >= 11 is 12.4. The van der Waals surface area contributed by atoms with Crippen LogP contribution in [-0.4, -0.2) is 64.9 Å². The Labute approximate surface area is 257 Å². The number of unbranched alkanes of at least 4 members (excludes halogenated alkanes) is 1. The minimum Gasteiger partial charge on any atom is -0.366 e. The zero-order valence-corrected chi connectivity index (χ0v) is 26.3. The fourth-order valence-electron chi connectivity index (χ4n) is 6.58. The summed E-state index contributed by atoms with van der Waals surface area (Å²) in [6.45, 7) is 10.8. The van der Waals surface area contributed by atoms with Gasteiger partial charge in [-0.05, 0) is 62.3 Å². The average Bonchev–Trinajstić information content (AvgIpc) is 3.15. The number of piperazine rings is 1. The molecule has 2 aliphatic rings. The smallest absolute Gasteiger partial charge is 0.240 e. The lowest BCUT2D eigenvalue weighted by Crippen LogP contribution is -2.58. The standard InChI is InChI=1S/C32H39Cl2F2N3O3/c1-30(2,3)18-25-32(19-37,22-12-11-20(33)17-24(22)35)26(21-9-8-10-23(34)27(21)36)28-29(40)38(14-15-39(25)28)13-6-7-16-42-31(4,5)41/h8-12,17,25-26,28,41H,6-7,13-16,18H2,1-5H3. The Morgan fingerprint density at radius 3 is 2.45 bits per heavy atom. The molecule has 228 valence electrons. The number of rotatable bonds is 9. The number of aliphatic hydroxyl groups is 1. The molecule has 6 nitrogen and oxygen atoms in total. The normalized spacial score (nSPS) is 25.0. The van der Waals surface area contributed by atoms with E-state index in [2.05, 4.69) is 6.07 Å². The van der Waals surface area contributed by atoms with Crippen molar-refractivity contribution in [2.45, 2.75) is 83.1 Å². The molecule has 0 aliphatic carbocycles. The Kier molecular flexibility index (Phi) is 9.61. The fourth-order valence-corrected chi connectivity index (χ4v) is 6.92. The molecule has 2 fully saturated rings. The molecule has 0 bridgehead atoms. The van der Waals surface area contributed by atoms with Crippen molar-refractivity contribution in [3.8, 4) is 6.07 Å². The summed E-state index contributed by atoms with van der Waals surface area (Å²) in [5, 5.41) is 20.9. The molecule has 10 heteroatoms. The number of carbonyl (C=O) groups excluding carboxylic acids is 1. The van der Waals surface area contributed by atoms with Gasteiger partial charge in [0.15, 0.2) is 5.79 Å². The summed E-state index contributed by atoms with van der Waals surface area (Å²) < 4.78 is 37.2. The molecular weight excluding hydrogens is 583 g/mol. The third kappa shape index (κ3) is 6.46. The molecule has 4 atom stereocenters.